The summed E-state index contributed by atoms with van der Waals surface area (Å²) in [6, 6.07) is 9.37. The second-order valence-electron chi connectivity index (χ2n) is 4.54. The SMILES string of the molecule is COc1ccc(-c2nc(-c3cccs3)no2)cc1-n1cnnn1. The fourth-order valence-electron chi connectivity index (χ4n) is 2.12. The van der Waals surface area contributed by atoms with E-state index in [4.69, 9.17) is 9.26 Å². The van der Waals surface area contributed by atoms with E-state index < -0.39 is 0 Å². The van der Waals surface area contributed by atoms with Gasteiger partial charge in [-0.05, 0) is 40.1 Å². The number of ether oxygens (including phenoxy) is 1. The van der Waals surface area contributed by atoms with Crippen LogP contribution in [0, 0.1) is 0 Å². The molecule has 0 N–H and O–H groups in total. The molecule has 0 spiro atoms. The van der Waals surface area contributed by atoms with Gasteiger partial charge in [0.05, 0.1) is 12.0 Å². The molecule has 0 unspecified atom stereocenters. The highest BCUT2D eigenvalue weighted by Gasteiger charge is 2.15. The second kappa shape index (κ2) is 5.61. The lowest BCUT2D eigenvalue weighted by Gasteiger charge is -2.07. The molecule has 0 aliphatic heterocycles. The Kier molecular flexibility index (Phi) is 3.31. The molecule has 1 aromatic carbocycles. The molecule has 114 valence electrons. The summed E-state index contributed by atoms with van der Waals surface area (Å²) in [5.41, 5.74) is 1.44. The van der Waals surface area contributed by atoms with Crippen LogP contribution < -0.4 is 4.74 Å². The topological polar surface area (TPSA) is 91.8 Å². The van der Waals surface area contributed by atoms with E-state index in [2.05, 4.69) is 25.7 Å². The van der Waals surface area contributed by atoms with Gasteiger partial charge in [-0.3, -0.25) is 0 Å². The Bertz CT molecular complexity index is 917. The summed E-state index contributed by atoms with van der Waals surface area (Å²) in [6.07, 6.45) is 1.49. The highest BCUT2D eigenvalue weighted by molar-refractivity contribution is 7.13. The van der Waals surface area contributed by atoms with Gasteiger partial charge in [-0.15, -0.1) is 16.4 Å². The quantitative estimate of drug-likeness (QED) is 0.568. The predicted molar refractivity (Wildman–Crippen MR) is 82.3 cm³/mol. The molecule has 0 amide bonds. The van der Waals surface area contributed by atoms with E-state index in [1.807, 2.05) is 29.6 Å². The van der Waals surface area contributed by atoms with E-state index in [0.717, 1.165) is 10.4 Å². The zero-order chi connectivity index (χ0) is 15.6. The molecule has 4 rings (SSSR count). The number of rotatable bonds is 4. The minimum Gasteiger partial charge on any atom is -0.494 e. The summed E-state index contributed by atoms with van der Waals surface area (Å²) < 4.78 is 12.2. The average molecular weight is 326 g/mol. The molecular formula is C14H10N6O2S. The molecule has 0 saturated heterocycles. The van der Waals surface area contributed by atoms with Crippen molar-refractivity contribution >= 4 is 11.3 Å². The lowest BCUT2D eigenvalue weighted by molar-refractivity contribution is 0.411. The van der Waals surface area contributed by atoms with Gasteiger partial charge in [-0.1, -0.05) is 11.2 Å². The minimum atomic E-state index is 0.422. The normalized spacial score (nSPS) is 10.8. The Balaban J connectivity index is 1.76. The number of thiophene rings is 1. The van der Waals surface area contributed by atoms with Gasteiger partial charge in [0.15, 0.2) is 0 Å². The first-order valence-electron chi connectivity index (χ1n) is 6.64. The van der Waals surface area contributed by atoms with Crippen molar-refractivity contribution in [2.75, 3.05) is 7.11 Å². The first kappa shape index (κ1) is 13.6. The molecule has 4 aromatic rings. The smallest absolute Gasteiger partial charge is 0.258 e. The lowest BCUT2D eigenvalue weighted by atomic mass is 10.2. The van der Waals surface area contributed by atoms with Crippen molar-refractivity contribution in [3.63, 3.8) is 0 Å². The maximum absolute atomic E-state index is 5.36. The van der Waals surface area contributed by atoms with E-state index in [9.17, 15) is 0 Å². The third-order valence-corrected chi connectivity index (χ3v) is 4.06. The van der Waals surface area contributed by atoms with Crippen molar-refractivity contribution in [3.8, 4) is 33.6 Å². The summed E-state index contributed by atoms with van der Waals surface area (Å²) in [4.78, 5) is 5.38. The Morgan fingerprint density at radius 1 is 1.26 bits per heavy atom. The monoisotopic (exact) mass is 326 g/mol. The van der Waals surface area contributed by atoms with Crippen molar-refractivity contribution in [1.82, 2.24) is 30.3 Å². The lowest BCUT2D eigenvalue weighted by Crippen LogP contribution is -1.99. The minimum absolute atomic E-state index is 0.422. The Hall–Kier alpha value is -3.07. The van der Waals surface area contributed by atoms with Crippen molar-refractivity contribution in [2.45, 2.75) is 0 Å². The van der Waals surface area contributed by atoms with Gasteiger partial charge in [0.25, 0.3) is 5.89 Å². The van der Waals surface area contributed by atoms with Crippen LogP contribution in [-0.2, 0) is 0 Å². The standard InChI is InChI=1S/C14H10N6O2S/c1-21-11-5-4-9(7-10(11)20-8-15-18-19-20)14-16-13(17-22-14)12-3-2-6-23-12/h2-8H,1H3. The summed E-state index contributed by atoms with van der Waals surface area (Å²) >= 11 is 1.56. The Morgan fingerprint density at radius 2 is 2.22 bits per heavy atom. The largest absolute Gasteiger partial charge is 0.494 e. The molecule has 9 heteroatoms. The van der Waals surface area contributed by atoms with E-state index in [-0.39, 0.29) is 0 Å². The average Bonchev–Trinajstić information content (AvgIpc) is 3.35. The Morgan fingerprint density at radius 3 is 2.96 bits per heavy atom. The third-order valence-electron chi connectivity index (χ3n) is 3.19. The van der Waals surface area contributed by atoms with Crippen LogP contribution >= 0.6 is 11.3 Å². The maximum Gasteiger partial charge on any atom is 0.258 e. The van der Waals surface area contributed by atoms with Crippen molar-refractivity contribution in [3.05, 3.63) is 42.0 Å². The number of methoxy groups -OCH3 is 1. The number of benzene rings is 1. The molecule has 0 aliphatic carbocycles. The molecule has 23 heavy (non-hydrogen) atoms. The highest BCUT2D eigenvalue weighted by atomic mass is 32.1. The fourth-order valence-corrected chi connectivity index (χ4v) is 2.77. The fraction of sp³-hybridized carbons (Fsp3) is 0.0714. The zero-order valence-corrected chi connectivity index (χ0v) is 12.8. The van der Waals surface area contributed by atoms with Crippen molar-refractivity contribution < 1.29 is 9.26 Å². The van der Waals surface area contributed by atoms with Crippen LogP contribution in [0.3, 0.4) is 0 Å². The van der Waals surface area contributed by atoms with E-state index in [1.165, 1.54) is 11.0 Å². The van der Waals surface area contributed by atoms with Crippen LogP contribution in [0.15, 0.2) is 46.6 Å². The van der Waals surface area contributed by atoms with Crippen LogP contribution in [0.2, 0.25) is 0 Å². The summed E-state index contributed by atoms with van der Waals surface area (Å²) in [5.74, 6) is 1.62. The molecule has 8 nitrogen and oxygen atoms in total. The van der Waals surface area contributed by atoms with E-state index in [1.54, 1.807) is 24.5 Å². The molecule has 3 heterocycles. The van der Waals surface area contributed by atoms with Crippen LogP contribution in [0.4, 0.5) is 0 Å². The van der Waals surface area contributed by atoms with Gasteiger partial charge in [0, 0.05) is 5.56 Å². The second-order valence-corrected chi connectivity index (χ2v) is 5.49. The van der Waals surface area contributed by atoms with Crippen molar-refractivity contribution in [1.29, 1.82) is 0 Å². The molecule has 0 radical (unpaired) electrons. The van der Waals surface area contributed by atoms with Gasteiger partial charge >= 0.3 is 0 Å². The summed E-state index contributed by atoms with van der Waals surface area (Å²) in [6.45, 7) is 0. The van der Waals surface area contributed by atoms with Crippen LogP contribution in [0.5, 0.6) is 5.75 Å². The van der Waals surface area contributed by atoms with Gasteiger partial charge in [0.2, 0.25) is 5.82 Å². The molecule has 3 aromatic heterocycles. The number of aromatic nitrogens is 6. The molecule has 0 saturated carbocycles. The van der Waals surface area contributed by atoms with Crippen LogP contribution in [0.1, 0.15) is 0 Å². The molecule has 0 fully saturated rings. The predicted octanol–water partition coefficient (Wildman–Crippen LogP) is 2.45. The zero-order valence-electron chi connectivity index (χ0n) is 11.9. The first-order chi connectivity index (χ1) is 11.3. The summed E-state index contributed by atoms with van der Waals surface area (Å²) in [5, 5.41) is 17.2. The number of tetrazole rings is 1. The van der Waals surface area contributed by atoms with Crippen LogP contribution in [-0.4, -0.2) is 37.5 Å². The summed E-state index contributed by atoms with van der Waals surface area (Å²) in [7, 11) is 1.59. The molecule has 0 atom stereocenters. The van der Waals surface area contributed by atoms with Gasteiger partial charge in [-0.2, -0.15) is 9.67 Å². The van der Waals surface area contributed by atoms with Gasteiger partial charge in [0.1, 0.15) is 17.8 Å². The van der Waals surface area contributed by atoms with Gasteiger partial charge < -0.3 is 9.26 Å². The molecule has 0 bridgehead atoms. The highest BCUT2D eigenvalue weighted by Crippen LogP contribution is 2.30. The molecular weight excluding hydrogens is 316 g/mol. The van der Waals surface area contributed by atoms with Gasteiger partial charge in [-0.25, -0.2) is 0 Å². The number of hydrogen-bond acceptors (Lipinski definition) is 8. The number of hydrogen-bond donors (Lipinski definition) is 0. The molecule has 0 aliphatic rings. The first-order valence-corrected chi connectivity index (χ1v) is 7.52. The third kappa shape index (κ3) is 2.46. The Labute approximate surface area is 134 Å². The van der Waals surface area contributed by atoms with Crippen LogP contribution in [0.25, 0.3) is 27.8 Å². The van der Waals surface area contributed by atoms with Crippen molar-refractivity contribution in [2.24, 2.45) is 0 Å². The number of nitrogens with zero attached hydrogens (tertiary/aromatic N) is 6. The van der Waals surface area contributed by atoms with E-state index in [0.29, 0.717) is 23.2 Å². The van der Waals surface area contributed by atoms with E-state index >= 15 is 0 Å². The maximum atomic E-state index is 5.36.